The van der Waals surface area contributed by atoms with Crippen molar-refractivity contribution in [1.29, 1.82) is 0 Å². The molecule has 1 fully saturated rings. The second-order valence-corrected chi connectivity index (χ2v) is 7.18. The van der Waals surface area contributed by atoms with Crippen LogP contribution in [0.5, 0.6) is 0 Å². The van der Waals surface area contributed by atoms with E-state index in [4.69, 9.17) is 0 Å². The van der Waals surface area contributed by atoms with Crippen molar-refractivity contribution in [3.05, 3.63) is 35.9 Å². The van der Waals surface area contributed by atoms with Gasteiger partial charge in [0, 0.05) is 23.6 Å². The van der Waals surface area contributed by atoms with Crippen LogP contribution in [0.3, 0.4) is 0 Å². The molecule has 21 heavy (non-hydrogen) atoms. The van der Waals surface area contributed by atoms with E-state index in [0.29, 0.717) is 29.2 Å². The number of thioether (sulfide) groups is 1. The van der Waals surface area contributed by atoms with Crippen molar-refractivity contribution in [3.8, 4) is 0 Å². The summed E-state index contributed by atoms with van der Waals surface area (Å²) in [5.74, 6) is -1.05. The van der Waals surface area contributed by atoms with Gasteiger partial charge in [-0.05, 0) is 5.56 Å². The van der Waals surface area contributed by atoms with Crippen LogP contribution in [0.4, 0.5) is 4.79 Å². The van der Waals surface area contributed by atoms with Gasteiger partial charge in [0.05, 0.1) is 0 Å². The average molecular weight is 308 g/mol. The van der Waals surface area contributed by atoms with Crippen LogP contribution in [-0.2, 0) is 4.79 Å². The Hall–Kier alpha value is -1.69. The number of carbonyl (C=O) groups is 2. The van der Waals surface area contributed by atoms with Crippen LogP contribution in [0.25, 0.3) is 0 Å². The summed E-state index contributed by atoms with van der Waals surface area (Å²) in [5.41, 5.74) is 0.575. The molecule has 5 nitrogen and oxygen atoms in total. The lowest BCUT2D eigenvalue weighted by molar-refractivity contribution is -0.139. The molecule has 3 atom stereocenters. The fourth-order valence-corrected chi connectivity index (χ4v) is 3.82. The maximum Gasteiger partial charge on any atom is 0.330 e. The van der Waals surface area contributed by atoms with Gasteiger partial charge >= 0.3 is 12.0 Å². The molecular weight excluding hydrogens is 288 g/mol. The molecule has 1 saturated heterocycles. The van der Waals surface area contributed by atoms with E-state index >= 15 is 0 Å². The van der Waals surface area contributed by atoms with Crippen molar-refractivity contribution in [3.63, 3.8) is 0 Å². The highest BCUT2D eigenvalue weighted by molar-refractivity contribution is 8.00. The molecular formula is C15H20N2O3S. The van der Waals surface area contributed by atoms with Gasteiger partial charge in [-0.15, -0.1) is 0 Å². The molecule has 2 N–H and O–H groups in total. The third kappa shape index (κ3) is 4.14. The Kier molecular flexibility index (Phi) is 5.12. The molecule has 0 saturated carbocycles. The summed E-state index contributed by atoms with van der Waals surface area (Å²) in [6.45, 7) is 5.43. The highest BCUT2D eigenvalue weighted by Crippen LogP contribution is 2.25. The Morgan fingerprint density at radius 3 is 2.33 bits per heavy atom. The SMILES string of the molecule is CC1CN(C(=O)N[C@@H](C(=O)O)c2ccccc2)CC(C)S1. The van der Waals surface area contributed by atoms with E-state index in [-0.39, 0.29) is 6.03 Å². The summed E-state index contributed by atoms with van der Waals surface area (Å²) in [5, 5.41) is 12.7. The number of urea groups is 1. The molecule has 2 unspecified atom stereocenters. The zero-order chi connectivity index (χ0) is 15.4. The maximum absolute atomic E-state index is 12.3. The van der Waals surface area contributed by atoms with E-state index in [9.17, 15) is 14.7 Å². The molecule has 0 spiro atoms. The third-order valence-electron chi connectivity index (χ3n) is 3.35. The van der Waals surface area contributed by atoms with Crippen molar-refractivity contribution in [1.82, 2.24) is 10.2 Å². The van der Waals surface area contributed by atoms with Crippen LogP contribution in [-0.4, -0.2) is 45.6 Å². The second-order valence-electron chi connectivity index (χ2n) is 5.29. The number of hydrogen-bond donors (Lipinski definition) is 2. The fraction of sp³-hybridized carbons (Fsp3) is 0.467. The van der Waals surface area contributed by atoms with Crippen molar-refractivity contribution in [2.45, 2.75) is 30.4 Å². The number of nitrogens with zero attached hydrogens (tertiary/aromatic N) is 1. The Labute approximate surface area is 128 Å². The molecule has 1 aromatic rings. The number of amides is 2. The Bertz CT molecular complexity index is 499. The Morgan fingerprint density at radius 1 is 1.24 bits per heavy atom. The first-order valence-electron chi connectivity index (χ1n) is 6.96. The van der Waals surface area contributed by atoms with Crippen LogP contribution in [0.1, 0.15) is 25.5 Å². The molecule has 1 aromatic carbocycles. The predicted molar refractivity (Wildman–Crippen MR) is 83.4 cm³/mol. The van der Waals surface area contributed by atoms with Crippen LogP contribution in [0, 0.1) is 0 Å². The Balaban J connectivity index is 2.07. The average Bonchev–Trinajstić information content (AvgIpc) is 2.44. The van der Waals surface area contributed by atoms with Crippen molar-refractivity contribution in [2.24, 2.45) is 0 Å². The normalized spacial score (nSPS) is 23.4. The predicted octanol–water partition coefficient (Wildman–Crippen LogP) is 2.35. The lowest BCUT2D eigenvalue weighted by Gasteiger charge is -2.35. The lowest BCUT2D eigenvalue weighted by atomic mass is 10.1. The molecule has 1 aliphatic rings. The zero-order valence-corrected chi connectivity index (χ0v) is 13.0. The summed E-state index contributed by atoms with van der Waals surface area (Å²) in [6.07, 6.45) is 0. The molecule has 2 rings (SSSR count). The number of nitrogens with one attached hydrogen (secondary N) is 1. The van der Waals surface area contributed by atoms with E-state index < -0.39 is 12.0 Å². The smallest absolute Gasteiger partial charge is 0.330 e. The Morgan fingerprint density at radius 2 is 1.81 bits per heavy atom. The lowest BCUT2D eigenvalue weighted by Crippen LogP contribution is -2.50. The summed E-state index contributed by atoms with van der Waals surface area (Å²) in [4.78, 5) is 25.4. The highest BCUT2D eigenvalue weighted by Gasteiger charge is 2.29. The van der Waals surface area contributed by atoms with Crippen LogP contribution in [0.15, 0.2) is 30.3 Å². The largest absolute Gasteiger partial charge is 0.479 e. The van der Waals surface area contributed by atoms with Gasteiger partial charge in [-0.2, -0.15) is 11.8 Å². The summed E-state index contributed by atoms with van der Waals surface area (Å²) < 4.78 is 0. The number of hydrogen-bond acceptors (Lipinski definition) is 3. The number of carboxylic acid groups (broad SMARTS) is 1. The van der Waals surface area contributed by atoms with Gasteiger partial charge in [-0.25, -0.2) is 9.59 Å². The van der Waals surface area contributed by atoms with E-state index in [2.05, 4.69) is 19.2 Å². The molecule has 2 amide bonds. The van der Waals surface area contributed by atoms with Gasteiger partial charge in [0.15, 0.2) is 6.04 Å². The maximum atomic E-state index is 12.3. The molecule has 0 bridgehead atoms. The quantitative estimate of drug-likeness (QED) is 0.899. The van der Waals surface area contributed by atoms with Crippen molar-refractivity contribution in [2.75, 3.05) is 13.1 Å². The molecule has 0 aliphatic carbocycles. The van der Waals surface area contributed by atoms with Gasteiger partial charge in [-0.3, -0.25) is 0 Å². The van der Waals surface area contributed by atoms with E-state index in [1.807, 2.05) is 17.8 Å². The molecule has 1 aliphatic heterocycles. The standard InChI is InChI=1S/C15H20N2O3S/c1-10-8-17(9-11(2)21-10)15(20)16-13(14(18)19)12-6-4-3-5-7-12/h3-7,10-11,13H,8-9H2,1-2H3,(H,16,20)(H,18,19)/t10?,11?,13-/m1/s1. The minimum atomic E-state index is -1.05. The van der Waals surface area contributed by atoms with Gasteiger partial charge in [-0.1, -0.05) is 44.2 Å². The summed E-state index contributed by atoms with van der Waals surface area (Å²) in [6, 6.07) is 7.42. The summed E-state index contributed by atoms with van der Waals surface area (Å²) in [7, 11) is 0. The highest BCUT2D eigenvalue weighted by atomic mass is 32.2. The molecule has 1 heterocycles. The number of benzene rings is 1. The third-order valence-corrected chi connectivity index (χ3v) is 4.58. The summed E-state index contributed by atoms with van der Waals surface area (Å²) >= 11 is 1.85. The molecule has 114 valence electrons. The first kappa shape index (κ1) is 15.7. The second kappa shape index (κ2) is 6.85. The van der Waals surface area contributed by atoms with Gasteiger partial charge in [0.25, 0.3) is 0 Å². The minimum Gasteiger partial charge on any atom is -0.479 e. The van der Waals surface area contributed by atoms with Crippen molar-refractivity contribution >= 4 is 23.8 Å². The van der Waals surface area contributed by atoms with E-state index in [1.54, 1.807) is 29.2 Å². The molecule has 6 heteroatoms. The van der Waals surface area contributed by atoms with Gasteiger partial charge < -0.3 is 15.3 Å². The van der Waals surface area contributed by atoms with Crippen LogP contribution >= 0.6 is 11.8 Å². The minimum absolute atomic E-state index is 0.315. The number of carboxylic acids is 1. The monoisotopic (exact) mass is 308 g/mol. The van der Waals surface area contributed by atoms with Crippen LogP contribution in [0.2, 0.25) is 0 Å². The first-order valence-corrected chi connectivity index (χ1v) is 7.90. The van der Waals surface area contributed by atoms with Crippen LogP contribution < -0.4 is 5.32 Å². The molecule has 0 aromatic heterocycles. The topological polar surface area (TPSA) is 69.6 Å². The number of aliphatic carboxylic acids is 1. The van der Waals surface area contributed by atoms with E-state index in [0.717, 1.165) is 0 Å². The van der Waals surface area contributed by atoms with E-state index in [1.165, 1.54) is 0 Å². The zero-order valence-electron chi connectivity index (χ0n) is 12.2. The first-order chi connectivity index (χ1) is 9.97. The number of carbonyl (C=O) groups excluding carboxylic acids is 1. The van der Waals surface area contributed by atoms with Crippen molar-refractivity contribution < 1.29 is 14.7 Å². The fourth-order valence-electron chi connectivity index (χ4n) is 2.49. The van der Waals surface area contributed by atoms with Gasteiger partial charge in [0.1, 0.15) is 0 Å². The number of rotatable bonds is 3. The molecule has 0 radical (unpaired) electrons. The van der Waals surface area contributed by atoms with Gasteiger partial charge in [0.2, 0.25) is 0 Å².